The molecule has 0 aliphatic heterocycles. The van der Waals surface area contributed by atoms with Crippen LogP contribution in [0.2, 0.25) is 0 Å². The molecule has 0 aliphatic rings. The van der Waals surface area contributed by atoms with Crippen molar-refractivity contribution < 1.29 is 9.47 Å². The van der Waals surface area contributed by atoms with E-state index in [0.717, 1.165) is 16.8 Å². The van der Waals surface area contributed by atoms with Crippen LogP contribution in [0.1, 0.15) is 6.92 Å². The minimum Gasteiger partial charge on any atom is -0.493 e. The zero-order chi connectivity index (χ0) is 9.68. The first-order valence-electron chi connectivity index (χ1n) is 4.13. The second-order valence-corrected chi connectivity index (χ2v) is 3.38. The first kappa shape index (κ1) is 10.4. The second-order valence-electron chi connectivity index (χ2n) is 2.73. The van der Waals surface area contributed by atoms with Gasteiger partial charge in [0.2, 0.25) is 0 Å². The molecular formula is C10H13BrO2. The largest absolute Gasteiger partial charge is 0.493 e. The van der Waals surface area contributed by atoms with E-state index in [2.05, 4.69) is 15.9 Å². The van der Waals surface area contributed by atoms with E-state index in [-0.39, 0.29) is 6.10 Å². The lowest BCUT2D eigenvalue weighted by molar-refractivity contribution is 0.235. The molecule has 1 aromatic rings. The highest BCUT2D eigenvalue weighted by Crippen LogP contribution is 2.26. The Labute approximate surface area is 87.0 Å². The Kier molecular flexibility index (Phi) is 4.09. The van der Waals surface area contributed by atoms with Gasteiger partial charge in [-0.1, -0.05) is 28.1 Å². The third-order valence-electron chi connectivity index (χ3n) is 1.61. The maximum atomic E-state index is 5.61. The minimum atomic E-state index is 0.149. The normalized spacial score (nSPS) is 12.2. The summed E-state index contributed by atoms with van der Waals surface area (Å²) in [7, 11) is 1.64. The van der Waals surface area contributed by atoms with Gasteiger partial charge in [-0.25, -0.2) is 0 Å². The zero-order valence-corrected chi connectivity index (χ0v) is 9.37. The first-order chi connectivity index (χ1) is 6.27. The summed E-state index contributed by atoms with van der Waals surface area (Å²) >= 11 is 3.35. The third kappa shape index (κ3) is 2.92. The Morgan fingerprint density at radius 2 is 1.92 bits per heavy atom. The lowest BCUT2D eigenvalue weighted by atomic mass is 10.3. The molecule has 3 heteroatoms. The van der Waals surface area contributed by atoms with E-state index < -0.39 is 0 Å². The molecule has 2 nitrogen and oxygen atoms in total. The predicted molar refractivity (Wildman–Crippen MR) is 56.9 cm³/mol. The van der Waals surface area contributed by atoms with Crippen LogP contribution in [0.15, 0.2) is 24.3 Å². The molecule has 0 radical (unpaired) electrons. The molecule has 0 bridgehead atoms. The van der Waals surface area contributed by atoms with Crippen LogP contribution in [0.5, 0.6) is 11.5 Å². The molecule has 0 fully saturated rings. The SMILES string of the molecule is COc1ccccc1OC(C)CBr. The van der Waals surface area contributed by atoms with Gasteiger partial charge in [-0.15, -0.1) is 0 Å². The van der Waals surface area contributed by atoms with Crippen LogP contribution >= 0.6 is 15.9 Å². The third-order valence-corrected chi connectivity index (χ3v) is 2.53. The smallest absolute Gasteiger partial charge is 0.161 e. The van der Waals surface area contributed by atoms with Crippen molar-refractivity contribution in [3.63, 3.8) is 0 Å². The molecular weight excluding hydrogens is 232 g/mol. The Morgan fingerprint density at radius 1 is 1.31 bits per heavy atom. The lowest BCUT2D eigenvalue weighted by Crippen LogP contribution is -2.13. The Morgan fingerprint density at radius 3 is 2.46 bits per heavy atom. The molecule has 0 saturated heterocycles. The lowest BCUT2D eigenvalue weighted by Gasteiger charge is -2.14. The Hall–Kier alpha value is -0.700. The summed E-state index contributed by atoms with van der Waals surface area (Å²) in [4.78, 5) is 0. The zero-order valence-electron chi connectivity index (χ0n) is 7.79. The van der Waals surface area contributed by atoms with Crippen molar-refractivity contribution in [2.45, 2.75) is 13.0 Å². The molecule has 1 aromatic carbocycles. The number of alkyl halides is 1. The van der Waals surface area contributed by atoms with Gasteiger partial charge >= 0.3 is 0 Å². The molecule has 0 aliphatic carbocycles. The van der Waals surface area contributed by atoms with Crippen LogP contribution < -0.4 is 9.47 Å². The van der Waals surface area contributed by atoms with E-state index in [4.69, 9.17) is 9.47 Å². The van der Waals surface area contributed by atoms with Gasteiger partial charge in [-0.05, 0) is 19.1 Å². The summed E-state index contributed by atoms with van der Waals surface area (Å²) in [6.07, 6.45) is 0.149. The minimum absolute atomic E-state index is 0.149. The molecule has 0 amide bonds. The molecule has 0 spiro atoms. The van der Waals surface area contributed by atoms with Crippen molar-refractivity contribution in [1.82, 2.24) is 0 Å². The van der Waals surface area contributed by atoms with Gasteiger partial charge in [-0.3, -0.25) is 0 Å². The highest BCUT2D eigenvalue weighted by atomic mass is 79.9. The quantitative estimate of drug-likeness (QED) is 0.759. The van der Waals surface area contributed by atoms with E-state index in [1.54, 1.807) is 7.11 Å². The summed E-state index contributed by atoms with van der Waals surface area (Å²) < 4.78 is 10.8. The topological polar surface area (TPSA) is 18.5 Å². The number of halogens is 1. The maximum absolute atomic E-state index is 5.61. The van der Waals surface area contributed by atoms with E-state index in [1.807, 2.05) is 31.2 Å². The van der Waals surface area contributed by atoms with Gasteiger partial charge in [0.15, 0.2) is 11.5 Å². The number of benzene rings is 1. The molecule has 1 unspecified atom stereocenters. The molecule has 0 saturated carbocycles. The first-order valence-corrected chi connectivity index (χ1v) is 5.25. The summed E-state index contributed by atoms with van der Waals surface area (Å²) in [5, 5.41) is 0.811. The van der Waals surface area contributed by atoms with Crippen LogP contribution in [0.3, 0.4) is 0 Å². The summed E-state index contributed by atoms with van der Waals surface area (Å²) in [5.41, 5.74) is 0. The summed E-state index contributed by atoms with van der Waals surface area (Å²) in [5.74, 6) is 1.56. The fourth-order valence-corrected chi connectivity index (χ4v) is 1.10. The number of methoxy groups -OCH3 is 1. The van der Waals surface area contributed by atoms with E-state index >= 15 is 0 Å². The monoisotopic (exact) mass is 244 g/mol. The van der Waals surface area contributed by atoms with Crippen molar-refractivity contribution in [2.75, 3.05) is 12.4 Å². The Balaban J connectivity index is 2.74. The summed E-state index contributed by atoms with van der Waals surface area (Å²) in [6, 6.07) is 7.64. The van der Waals surface area contributed by atoms with Gasteiger partial charge in [0.25, 0.3) is 0 Å². The van der Waals surface area contributed by atoms with Crippen LogP contribution in [-0.4, -0.2) is 18.5 Å². The number of rotatable bonds is 4. The highest BCUT2D eigenvalue weighted by Gasteiger charge is 2.06. The fourth-order valence-electron chi connectivity index (χ4n) is 0.964. The number of hydrogen-bond donors (Lipinski definition) is 0. The average Bonchev–Trinajstić information content (AvgIpc) is 2.18. The fraction of sp³-hybridized carbons (Fsp3) is 0.400. The Bertz CT molecular complexity index is 263. The average molecular weight is 245 g/mol. The molecule has 1 atom stereocenters. The van der Waals surface area contributed by atoms with Crippen LogP contribution in [-0.2, 0) is 0 Å². The standard InChI is InChI=1S/C10H13BrO2/c1-8(7-11)13-10-6-4-3-5-9(10)12-2/h3-6,8H,7H2,1-2H3. The van der Waals surface area contributed by atoms with Gasteiger partial charge < -0.3 is 9.47 Å². The van der Waals surface area contributed by atoms with Gasteiger partial charge in [0, 0.05) is 5.33 Å². The van der Waals surface area contributed by atoms with Crippen molar-refractivity contribution in [3.8, 4) is 11.5 Å². The van der Waals surface area contributed by atoms with E-state index in [0.29, 0.717) is 0 Å². The van der Waals surface area contributed by atoms with E-state index in [9.17, 15) is 0 Å². The molecule has 1 rings (SSSR count). The summed E-state index contributed by atoms with van der Waals surface area (Å²) in [6.45, 7) is 2.00. The molecule has 13 heavy (non-hydrogen) atoms. The predicted octanol–water partition coefficient (Wildman–Crippen LogP) is 2.86. The van der Waals surface area contributed by atoms with Crippen molar-refractivity contribution >= 4 is 15.9 Å². The van der Waals surface area contributed by atoms with Gasteiger partial charge in [0.05, 0.1) is 7.11 Å². The van der Waals surface area contributed by atoms with Crippen LogP contribution in [0, 0.1) is 0 Å². The number of ether oxygens (including phenoxy) is 2. The van der Waals surface area contributed by atoms with Crippen molar-refractivity contribution in [3.05, 3.63) is 24.3 Å². The highest BCUT2D eigenvalue weighted by molar-refractivity contribution is 9.09. The van der Waals surface area contributed by atoms with Crippen LogP contribution in [0.4, 0.5) is 0 Å². The molecule has 0 N–H and O–H groups in total. The van der Waals surface area contributed by atoms with Gasteiger partial charge in [0.1, 0.15) is 6.10 Å². The molecule has 72 valence electrons. The number of para-hydroxylation sites is 2. The number of hydrogen-bond acceptors (Lipinski definition) is 2. The van der Waals surface area contributed by atoms with Crippen molar-refractivity contribution in [2.24, 2.45) is 0 Å². The molecule has 0 aromatic heterocycles. The molecule has 0 heterocycles. The second kappa shape index (κ2) is 5.12. The van der Waals surface area contributed by atoms with Crippen molar-refractivity contribution in [1.29, 1.82) is 0 Å². The van der Waals surface area contributed by atoms with E-state index in [1.165, 1.54) is 0 Å². The van der Waals surface area contributed by atoms with Gasteiger partial charge in [-0.2, -0.15) is 0 Å². The van der Waals surface area contributed by atoms with Crippen LogP contribution in [0.25, 0.3) is 0 Å². The maximum Gasteiger partial charge on any atom is 0.161 e.